The summed E-state index contributed by atoms with van der Waals surface area (Å²) < 4.78 is 16.4. The maximum absolute atomic E-state index is 11.8. The van der Waals surface area contributed by atoms with Crippen LogP contribution in [0.5, 0.6) is 11.5 Å². The Balaban J connectivity index is 1.68. The lowest BCUT2D eigenvalue weighted by atomic mass is 10.1. The van der Waals surface area contributed by atoms with E-state index in [1.807, 2.05) is 17.0 Å². The number of amides is 1. The number of carbonyl (C=O) groups is 1. The van der Waals surface area contributed by atoms with Crippen molar-refractivity contribution in [1.82, 2.24) is 14.9 Å². The summed E-state index contributed by atoms with van der Waals surface area (Å²) >= 11 is 0. The van der Waals surface area contributed by atoms with Crippen molar-refractivity contribution in [3.05, 3.63) is 24.7 Å². The number of aromatic nitrogens is 2. The normalized spacial score (nSPS) is 15.5. The molecule has 0 radical (unpaired) electrons. The van der Waals surface area contributed by atoms with E-state index in [4.69, 9.17) is 14.2 Å². The zero-order valence-corrected chi connectivity index (χ0v) is 13.9. The monoisotopic (exact) mass is 331 g/mol. The van der Waals surface area contributed by atoms with E-state index in [9.17, 15) is 4.79 Å². The smallest absolute Gasteiger partial charge is 0.248 e. The van der Waals surface area contributed by atoms with Gasteiger partial charge in [0.2, 0.25) is 5.91 Å². The minimum atomic E-state index is 0.0244. The predicted octanol–water partition coefficient (Wildman–Crippen LogP) is 1.65. The Labute approximate surface area is 140 Å². The van der Waals surface area contributed by atoms with Gasteiger partial charge in [0, 0.05) is 50.7 Å². The number of methoxy groups -OCH3 is 2. The molecule has 1 aliphatic heterocycles. The van der Waals surface area contributed by atoms with Gasteiger partial charge in [-0.2, -0.15) is 0 Å². The van der Waals surface area contributed by atoms with Gasteiger partial charge in [0.25, 0.3) is 0 Å². The first-order valence-corrected chi connectivity index (χ1v) is 7.92. The molecule has 0 saturated carbocycles. The lowest BCUT2D eigenvalue weighted by Gasteiger charge is -2.32. The van der Waals surface area contributed by atoms with Crippen LogP contribution in [0.4, 0.5) is 0 Å². The lowest BCUT2D eigenvalue weighted by Crippen LogP contribution is -2.43. The van der Waals surface area contributed by atoms with E-state index in [-0.39, 0.29) is 18.6 Å². The van der Waals surface area contributed by atoms with Gasteiger partial charge in [-0.3, -0.25) is 4.79 Å². The zero-order valence-electron chi connectivity index (χ0n) is 13.9. The van der Waals surface area contributed by atoms with Gasteiger partial charge >= 0.3 is 0 Å². The Morgan fingerprint density at radius 2 is 2.04 bits per heavy atom. The fourth-order valence-corrected chi connectivity index (χ4v) is 2.86. The minimum Gasteiger partial charge on any atom is -0.493 e. The van der Waals surface area contributed by atoms with Crippen LogP contribution >= 0.6 is 0 Å². The highest BCUT2D eigenvalue weighted by molar-refractivity contribution is 5.81. The van der Waals surface area contributed by atoms with Gasteiger partial charge < -0.3 is 19.1 Å². The molecule has 0 spiro atoms. The molecule has 24 heavy (non-hydrogen) atoms. The fourth-order valence-electron chi connectivity index (χ4n) is 2.86. The van der Waals surface area contributed by atoms with E-state index in [0.717, 1.165) is 23.7 Å². The van der Waals surface area contributed by atoms with E-state index in [0.29, 0.717) is 24.6 Å². The first-order chi connectivity index (χ1) is 11.7. The Hall–Kier alpha value is -2.41. The molecule has 3 rings (SSSR count). The molecule has 1 fully saturated rings. The minimum absolute atomic E-state index is 0.0244. The molecule has 7 heteroatoms. The Morgan fingerprint density at radius 3 is 2.75 bits per heavy atom. The summed E-state index contributed by atoms with van der Waals surface area (Å²) in [4.78, 5) is 21.9. The largest absolute Gasteiger partial charge is 0.493 e. The number of fused-ring (bicyclic) bond motifs is 1. The molecular formula is C17H21N3O4. The molecule has 7 nitrogen and oxygen atoms in total. The topological polar surface area (TPSA) is 73.8 Å². The molecule has 0 bridgehead atoms. The van der Waals surface area contributed by atoms with E-state index < -0.39 is 0 Å². The van der Waals surface area contributed by atoms with Gasteiger partial charge in [-0.05, 0) is 6.07 Å². The van der Waals surface area contributed by atoms with Crippen molar-refractivity contribution in [2.75, 3.05) is 33.9 Å². The summed E-state index contributed by atoms with van der Waals surface area (Å²) in [5, 5.41) is 0.904. The van der Waals surface area contributed by atoms with Gasteiger partial charge in [-0.25, -0.2) is 9.97 Å². The molecule has 0 N–H and O–H groups in total. The first kappa shape index (κ1) is 16.4. The highest BCUT2D eigenvalue weighted by Gasteiger charge is 2.24. The SMILES string of the molecule is COCC(=O)N1CCC(Oc2cc3cncnc3cc2OC)CC1. The molecule has 2 aromatic rings. The highest BCUT2D eigenvalue weighted by atomic mass is 16.5. The van der Waals surface area contributed by atoms with Crippen LogP contribution in [0, 0.1) is 0 Å². The Bertz CT molecular complexity index is 714. The van der Waals surface area contributed by atoms with Crippen molar-refractivity contribution in [3.63, 3.8) is 0 Å². The molecule has 1 aromatic heterocycles. The van der Waals surface area contributed by atoms with Crippen LogP contribution in [0.25, 0.3) is 10.9 Å². The average Bonchev–Trinajstić information content (AvgIpc) is 2.62. The number of carbonyl (C=O) groups excluding carboxylic acids is 1. The summed E-state index contributed by atoms with van der Waals surface area (Å²) in [5.41, 5.74) is 0.814. The van der Waals surface area contributed by atoms with Crippen LogP contribution in [0.3, 0.4) is 0 Å². The summed E-state index contributed by atoms with van der Waals surface area (Å²) in [6.45, 7) is 1.47. The number of hydrogen-bond donors (Lipinski definition) is 0. The number of piperidine rings is 1. The van der Waals surface area contributed by atoms with Crippen LogP contribution in [-0.2, 0) is 9.53 Å². The average molecular weight is 331 g/mol. The summed E-state index contributed by atoms with van der Waals surface area (Å²) in [7, 11) is 3.14. The third kappa shape index (κ3) is 3.56. The van der Waals surface area contributed by atoms with Gasteiger partial charge in [0.15, 0.2) is 11.5 Å². The second-order valence-corrected chi connectivity index (χ2v) is 5.72. The number of benzene rings is 1. The quantitative estimate of drug-likeness (QED) is 0.829. The number of ether oxygens (including phenoxy) is 3. The highest BCUT2D eigenvalue weighted by Crippen LogP contribution is 2.33. The second kappa shape index (κ2) is 7.44. The molecule has 1 amide bonds. The molecule has 1 aliphatic rings. The molecular weight excluding hydrogens is 310 g/mol. The van der Waals surface area contributed by atoms with Crippen molar-refractivity contribution in [3.8, 4) is 11.5 Å². The first-order valence-electron chi connectivity index (χ1n) is 7.92. The van der Waals surface area contributed by atoms with Crippen LogP contribution in [0.15, 0.2) is 24.7 Å². The van der Waals surface area contributed by atoms with Crippen molar-refractivity contribution >= 4 is 16.8 Å². The summed E-state index contributed by atoms with van der Waals surface area (Å²) in [5.74, 6) is 1.36. The molecule has 1 aromatic carbocycles. The van der Waals surface area contributed by atoms with E-state index in [2.05, 4.69) is 9.97 Å². The fraction of sp³-hybridized carbons (Fsp3) is 0.471. The van der Waals surface area contributed by atoms with E-state index in [1.165, 1.54) is 13.4 Å². The molecule has 128 valence electrons. The van der Waals surface area contributed by atoms with Gasteiger partial charge in [0.05, 0.1) is 12.6 Å². The van der Waals surface area contributed by atoms with E-state index in [1.54, 1.807) is 13.3 Å². The maximum atomic E-state index is 11.8. The molecule has 1 saturated heterocycles. The van der Waals surface area contributed by atoms with Crippen molar-refractivity contribution in [1.29, 1.82) is 0 Å². The van der Waals surface area contributed by atoms with E-state index >= 15 is 0 Å². The number of nitrogens with zero attached hydrogens (tertiary/aromatic N) is 3. The van der Waals surface area contributed by atoms with Crippen molar-refractivity contribution in [2.45, 2.75) is 18.9 Å². The second-order valence-electron chi connectivity index (χ2n) is 5.72. The maximum Gasteiger partial charge on any atom is 0.248 e. The van der Waals surface area contributed by atoms with Crippen molar-refractivity contribution in [2.24, 2.45) is 0 Å². The molecule has 0 aliphatic carbocycles. The van der Waals surface area contributed by atoms with Crippen LogP contribution in [-0.4, -0.2) is 60.8 Å². The van der Waals surface area contributed by atoms with Crippen LogP contribution < -0.4 is 9.47 Å². The lowest BCUT2D eigenvalue weighted by molar-refractivity contribution is -0.136. The third-order valence-corrected chi connectivity index (χ3v) is 4.15. The molecule has 2 heterocycles. The molecule has 0 atom stereocenters. The van der Waals surface area contributed by atoms with Gasteiger partial charge in [-0.15, -0.1) is 0 Å². The van der Waals surface area contributed by atoms with Crippen LogP contribution in [0.1, 0.15) is 12.8 Å². The third-order valence-electron chi connectivity index (χ3n) is 4.15. The Morgan fingerprint density at radius 1 is 1.25 bits per heavy atom. The molecule has 0 unspecified atom stereocenters. The van der Waals surface area contributed by atoms with Gasteiger partial charge in [-0.1, -0.05) is 0 Å². The van der Waals surface area contributed by atoms with Crippen molar-refractivity contribution < 1.29 is 19.0 Å². The predicted molar refractivity (Wildman–Crippen MR) is 88.2 cm³/mol. The Kier molecular flexibility index (Phi) is 5.10. The number of likely N-dealkylation sites (tertiary alicyclic amines) is 1. The van der Waals surface area contributed by atoms with Crippen LogP contribution in [0.2, 0.25) is 0 Å². The standard InChI is InChI=1S/C17H21N3O4/c1-22-10-17(21)20-5-3-13(4-6-20)24-16-7-12-9-18-11-19-14(12)8-15(16)23-2/h7-9,11,13H,3-6,10H2,1-2H3. The summed E-state index contributed by atoms with van der Waals surface area (Å²) in [6, 6.07) is 3.75. The number of hydrogen-bond acceptors (Lipinski definition) is 6. The van der Waals surface area contributed by atoms with Gasteiger partial charge in [0.1, 0.15) is 19.0 Å². The summed E-state index contributed by atoms with van der Waals surface area (Å²) in [6.07, 6.45) is 4.87. The number of rotatable bonds is 5. The zero-order chi connectivity index (χ0) is 16.9.